The molecule has 0 aliphatic carbocycles. The fourth-order valence-corrected chi connectivity index (χ4v) is 3.48. The molecule has 1 fully saturated rings. The van der Waals surface area contributed by atoms with E-state index < -0.39 is 0 Å². The van der Waals surface area contributed by atoms with Crippen LogP contribution in [0, 0.1) is 0 Å². The largest absolute Gasteiger partial charge is 0.462 e. The first-order chi connectivity index (χ1) is 9.69. The molecule has 1 heterocycles. The number of carbonyl (C=O) groups excluding carboxylic acids is 1. The molecule has 0 N–H and O–H groups in total. The van der Waals surface area contributed by atoms with Crippen LogP contribution in [0.5, 0.6) is 0 Å². The summed E-state index contributed by atoms with van der Waals surface area (Å²) in [7, 11) is 2.17. The van der Waals surface area contributed by atoms with Gasteiger partial charge in [0.25, 0.3) is 0 Å². The molecule has 124 valence electrons. The summed E-state index contributed by atoms with van der Waals surface area (Å²) in [5.74, 6) is -0.00680. The summed E-state index contributed by atoms with van der Waals surface area (Å²) in [6, 6.07) is 0. The molecule has 0 aromatic carbocycles. The average molecular weight is 297 g/mol. The maximum atomic E-state index is 12.0. The van der Waals surface area contributed by atoms with Crippen LogP contribution in [0.4, 0.5) is 0 Å². The molecule has 0 atom stereocenters. The molecule has 0 amide bonds. The predicted octanol–water partition coefficient (Wildman–Crippen LogP) is 4.54. The first kappa shape index (κ1) is 18.5. The van der Waals surface area contributed by atoms with Gasteiger partial charge in [-0.2, -0.15) is 0 Å². The zero-order valence-corrected chi connectivity index (χ0v) is 15.0. The average Bonchev–Trinajstić information content (AvgIpc) is 2.35. The van der Waals surface area contributed by atoms with Crippen molar-refractivity contribution in [2.24, 2.45) is 0 Å². The summed E-state index contributed by atoms with van der Waals surface area (Å²) in [5.41, 5.74) is 0.154. The highest BCUT2D eigenvalue weighted by Crippen LogP contribution is 2.38. The SMILES string of the molecule is CCCCCCCC(=O)OC1CC(C)(C)N(C)C(C)(C)C1. The van der Waals surface area contributed by atoms with Crippen molar-refractivity contribution in [3.63, 3.8) is 0 Å². The van der Waals surface area contributed by atoms with Gasteiger partial charge in [0.15, 0.2) is 0 Å². The lowest BCUT2D eigenvalue weighted by atomic mass is 9.79. The summed E-state index contributed by atoms with van der Waals surface area (Å²) >= 11 is 0. The minimum Gasteiger partial charge on any atom is -0.462 e. The monoisotopic (exact) mass is 297 g/mol. The Hall–Kier alpha value is -0.570. The second-order valence-electron chi connectivity index (χ2n) is 7.87. The Labute approximate surface area is 131 Å². The number of ether oxygens (including phenoxy) is 1. The first-order valence-electron chi connectivity index (χ1n) is 8.62. The predicted molar refractivity (Wildman–Crippen MR) is 88.4 cm³/mol. The minimum absolute atomic E-state index is 0.00680. The van der Waals surface area contributed by atoms with Crippen molar-refractivity contribution < 1.29 is 9.53 Å². The highest BCUT2D eigenvalue weighted by Gasteiger charge is 2.44. The van der Waals surface area contributed by atoms with Crippen molar-refractivity contribution in [2.75, 3.05) is 7.05 Å². The molecule has 21 heavy (non-hydrogen) atoms. The third-order valence-electron chi connectivity index (χ3n) is 5.05. The van der Waals surface area contributed by atoms with Gasteiger partial charge in [-0.1, -0.05) is 32.6 Å². The van der Waals surface area contributed by atoms with E-state index in [0.717, 1.165) is 25.7 Å². The third kappa shape index (κ3) is 5.61. The van der Waals surface area contributed by atoms with Crippen LogP contribution in [-0.2, 0) is 9.53 Å². The lowest BCUT2D eigenvalue weighted by Crippen LogP contribution is -2.60. The molecule has 3 nitrogen and oxygen atoms in total. The summed E-state index contributed by atoms with van der Waals surface area (Å²) < 4.78 is 5.75. The van der Waals surface area contributed by atoms with Gasteiger partial charge < -0.3 is 4.74 Å². The van der Waals surface area contributed by atoms with E-state index >= 15 is 0 Å². The van der Waals surface area contributed by atoms with Gasteiger partial charge in [-0.3, -0.25) is 9.69 Å². The van der Waals surface area contributed by atoms with Crippen LogP contribution >= 0.6 is 0 Å². The number of piperidine rings is 1. The van der Waals surface area contributed by atoms with Crippen molar-refractivity contribution in [2.45, 2.75) is 103 Å². The van der Waals surface area contributed by atoms with Gasteiger partial charge in [0.2, 0.25) is 0 Å². The minimum atomic E-state index is -0.00680. The molecule has 0 bridgehead atoms. The maximum absolute atomic E-state index is 12.0. The summed E-state index contributed by atoms with van der Waals surface area (Å²) in [6.45, 7) is 11.1. The molecule has 1 aliphatic heterocycles. The van der Waals surface area contributed by atoms with E-state index in [1.54, 1.807) is 0 Å². The lowest BCUT2D eigenvalue weighted by molar-refractivity contribution is -0.159. The third-order valence-corrected chi connectivity index (χ3v) is 5.05. The van der Waals surface area contributed by atoms with Gasteiger partial charge in [0, 0.05) is 30.3 Å². The molecular weight excluding hydrogens is 262 g/mol. The Morgan fingerprint density at radius 1 is 1.05 bits per heavy atom. The van der Waals surface area contributed by atoms with Gasteiger partial charge in [0.05, 0.1) is 0 Å². The molecule has 1 saturated heterocycles. The van der Waals surface area contributed by atoms with Crippen LogP contribution in [0.2, 0.25) is 0 Å². The number of hydrogen-bond donors (Lipinski definition) is 0. The lowest BCUT2D eigenvalue weighted by Gasteiger charge is -2.53. The van der Waals surface area contributed by atoms with Crippen molar-refractivity contribution in [3.05, 3.63) is 0 Å². The highest BCUT2D eigenvalue weighted by atomic mass is 16.5. The van der Waals surface area contributed by atoms with Crippen LogP contribution in [0.15, 0.2) is 0 Å². The molecule has 0 aromatic rings. The first-order valence-corrected chi connectivity index (χ1v) is 8.62. The Kier molecular flexibility index (Phi) is 6.71. The molecule has 0 radical (unpaired) electrons. The van der Waals surface area contributed by atoms with E-state index in [0.29, 0.717) is 6.42 Å². The van der Waals surface area contributed by atoms with Crippen LogP contribution in [-0.4, -0.2) is 35.1 Å². The van der Waals surface area contributed by atoms with Crippen LogP contribution in [0.1, 0.15) is 86.0 Å². The van der Waals surface area contributed by atoms with E-state index in [9.17, 15) is 4.79 Å². The molecule has 0 saturated carbocycles. The second-order valence-corrected chi connectivity index (χ2v) is 7.87. The van der Waals surface area contributed by atoms with Crippen molar-refractivity contribution in [3.8, 4) is 0 Å². The van der Waals surface area contributed by atoms with E-state index in [1.807, 2.05) is 0 Å². The Bertz CT molecular complexity index is 318. The standard InChI is InChI=1S/C18H35NO2/c1-7-8-9-10-11-12-16(20)21-15-13-17(2,3)19(6)18(4,5)14-15/h15H,7-14H2,1-6H3. The Morgan fingerprint density at radius 2 is 1.57 bits per heavy atom. The van der Waals surface area contributed by atoms with Gasteiger partial charge >= 0.3 is 5.97 Å². The fraction of sp³-hybridized carbons (Fsp3) is 0.944. The molecule has 0 spiro atoms. The second kappa shape index (κ2) is 7.62. The van der Waals surface area contributed by atoms with Crippen molar-refractivity contribution in [1.29, 1.82) is 0 Å². The van der Waals surface area contributed by atoms with Crippen molar-refractivity contribution in [1.82, 2.24) is 4.90 Å². The molecule has 0 aromatic heterocycles. The number of unbranched alkanes of at least 4 members (excludes halogenated alkanes) is 4. The van der Waals surface area contributed by atoms with Crippen LogP contribution in [0.3, 0.4) is 0 Å². The molecular formula is C18H35NO2. The maximum Gasteiger partial charge on any atom is 0.306 e. The normalized spacial score (nSPS) is 22.2. The molecule has 1 aliphatic rings. The Balaban J connectivity index is 2.39. The number of rotatable bonds is 7. The fourth-order valence-electron chi connectivity index (χ4n) is 3.48. The zero-order chi connectivity index (χ0) is 16.1. The number of esters is 1. The van der Waals surface area contributed by atoms with E-state index in [2.05, 4.69) is 46.6 Å². The number of carbonyl (C=O) groups is 1. The van der Waals surface area contributed by atoms with Gasteiger partial charge in [-0.05, 0) is 41.2 Å². The van der Waals surface area contributed by atoms with E-state index in [4.69, 9.17) is 4.74 Å². The van der Waals surface area contributed by atoms with E-state index in [1.165, 1.54) is 19.3 Å². The number of hydrogen-bond acceptors (Lipinski definition) is 3. The molecule has 0 unspecified atom stereocenters. The summed E-state index contributed by atoms with van der Waals surface area (Å²) in [5, 5.41) is 0. The van der Waals surface area contributed by atoms with Gasteiger partial charge in [-0.25, -0.2) is 0 Å². The van der Waals surface area contributed by atoms with Crippen LogP contribution in [0.25, 0.3) is 0 Å². The van der Waals surface area contributed by atoms with Gasteiger partial charge in [-0.15, -0.1) is 0 Å². The number of nitrogens with zero attached hydrogens (tertiary/aromatic N) is 1. The topological polar surface area (TPSA) is 29.5 Å². The van der Waals surface area contributed by atoms with Crippen LogP contribution < -0.4 is 0 Å². The quantitative estimate of drug-likeness (QED) is 0.510. The molecule has 3 heteroatoms. The highest BCUT2D eigenvalue weighted by molar-refractivity contribution is 5.69. The smallest absolute Gasteiger partial charge is 0.306 e. The Morgan fingerprint density at radius 3 is 2.10 bits per heavy atom. The molecule has 1 rings (SSSR count). The van der Waals surface area contributed by atoms with Gasteiger partial charge in [0.1, 0.15) is 6.10 Å². The summed E-state index contributed by atoms with van der Waals surface area (Å²) in [4.78, 5) is 14.4. The van der Waals surface area contributed by atoms with E-state index in [-0.39, 0.29) is 23.2 Å². The zero-order valence-electron chi connectivity index (χ0n) is 15.0. The van der Waals surface area contributed by atoms with Crippen molar-refractivity contribution >= 4 is 5.97 Å². The number of likely N-dealkylation sites (tertiary alicyclic amines) is 1. The summed E-state index contributed by atoms with van der Waals surface area (Å²) in [6.07, 6.45) is 8.36.